The monoisotopic (exact) mass is 519 g/mol. The minimum absolute atomic E-state index is 0.0679. The van der Waals surface area contributed by atoms with Crippen LogP contribution in [0.1, 0.15) is 73.5 Å². The van der Waals surface area contributed by atoms with Crippen LogP contribution in [0.5, 0.6) is 0 Å². The number of aryl methyl sites for hydroxylation is 2. The molecule has 0 radical (unpaired) electrons. The second-order valence-corrected chi connectivity index (χ2v) is 11.2. The van der Waals surface area contributed by atoms with E-state index in [9.17, 15) is 9.59 Å². The number of carbonyl (C=O) groups excluding carboxylic acids is 2. The highest BCUT2D eigenvalue weighted by Gasteiger charge is 2.33. The van der Waals surface area contributed by atoms with Gasteiger partial charge in [-0.15, -0.1) is 10.2 Å². The third kappa shape index (κ3) is 7.87. The van der Waals surface area contributed by atoms with Crippen LogP contribution in [0.3, 0.4) is 0 Å². The lowest BCUT2D eigenvalue weighted by Crippen LogP contribution is -2.45. The van der Waals surface area contributed by atoms with Crippen molar-refractivity contribution in [2.45, 2.75) is 72.9 Å². The van der Waals surface area contributed by atoms with Crippen LogP contribution >= 0.6 is 0 Å². The van der Waals surface area contributed by atoms with Crippen molar-refractivity contribution in [2.24, 2.45) is 32.5 Å². The van der Waals surface area contributed by atoms with Gasteiger partial charge in [0.05, 0.1) is 0 Å². The van der Waals surface area contributed by atoms with Crippen molar-refractivity contribution in [2.75, 3.05) is 12.4 Å². The summed E-state index contributed by atoms with van der Waals surface area (Å²) < 4.78 is 0. The van der Waals surface area contributed by atoms with E-state index in [0.29, 0.717) is 18.0 Å². The summed E-state index contributed by atoms with van der Waals surface area (Å²) in [6.45, 7) is 11.4. The van der Waals surface area contributed by atoms with Crippen molar-refractivity contribution in [1.29, 1.82) is 0 Å². The Bertz CT molecular complexity index is 1150. The van der Waals surface area contributed by atoms with Gasteiger partial charge in [0.15, 0.2) is 0 Å². The molecule has 2 aromatic carbocycles. The van der Waals surface area contributed by atoms with E-state index in [0.717, 1.165) is 48.1 Å². The predicted octanol–water partition coefficient (Wildman–Crippen LogP) is 5.98. The SMILES string of the molecule is CN=NC(=NN)NC(=O)c1ccc(CN(C(=O)Nc2cc(C)cc(C)c2)C2CCC(C(C)(C)C)CC2)cc1. The van der Waals surface area contributed by atoms with Crippen LogP contribution in [0.4, 0.5) is 10.5 Å². The second-order valence-electron chi connectivity index (χ2n) is 11.2. The van der Waals surface area contributed by atoms with Crippen LogP contribution < -0.4 is 16.5 Å². The molecule has 1 aliphatic carbocycles. The highest BCUT2D eigenvalue weighted by molar-refractivity contribution is 6.05. The smallest absolute Gasteiger partial charge is 0.320 e. The number of nitrogens with two attached hydrogens (primary N) is 1. The molecule has 2 aromatic rings. The summed E-state index contributed by atoms with van der Waals surface area (Å²) in [7, 11) is 1.46. The first kappa shape index (κ1) is 28.8. The van der Waals surface area contributed by atoms with Gasteiger partial charge < -0.3 is 16.1 Å². The van der Waals surface area contributed by atoms with E-state index in [4.69, 9.17) is 5.84 Å². The molecule has 4 N–H and O–H groups in total. The Morgan fingerprint density at radius 1 is 1.00 bits per heavy atom. The molecule has 0 spiro atoms. The molecular weight excluding hydrogens is 478 g/mol. The molecule has 0 unspecified atom stereocenters. The summed E-state index contributed by atoms with van der Waals surface area (Å²) in [5, 5.41) is 16.3. The molecule has 0 bridgehead atoms. The maximum absolute atomic E-state index is 13.6. The summed E-state index contributed by atoms with van der Waals surface area (Å²) in [6, 6.07) is 13.3. The molecule has 1 saturated carbocycles. The summed E-state index contributed by atoms with van der Waals surface area (Å²) in [4.78, 5) is 28.1. The van der Waals surface area contributed by atoms with E-state index >= 15 is 0 Å². The molecule has 3 rings (SSSR count). The third-order valence-corrected chi connectivity index (χ3v) is 7.21. The Morgan fingerprint density at radius 2 is 1.61 bits per heavy atom. The minimum atomic E-state index is -0.391. The van der Waals surface area contributed by atoms with Gasteiger partial charge in [-0.05, 0) is 91.8 Å². The van der Waals surface area contributed by atoms with Crippen LogP contribution in [-0.2, 0) is 6.54 Å². The molecular formula is C29H41N7O2. The molecule has 0 saturated heterocycles. The maximum Gasteiger partial charge on any atom is 0.322 e. The zero-order valence-corrected chi connectivity index (χ0v) is 23.4. The standard InChI is InChI=1S/C29H41N7O2/c1-19-15-20(2)17-24(16-19)32-28(38)36(25-13-11-23(12-14-25)29(3,4)5)18-21-7-9-22(10-8-21)26(37)33-27(34-30)35-31-6/h7-10,15-17,23,25H,11-14,18,30H2,1-6H3,(H,32,38)(H,33,34,37). The van der Waals surface area contributed by atoms with Gasteiger partial charge in [-0.1, -0.05) is 39.0 Å². The van der Waals surface area contributed by atoms with E-state index in [1.54, 1.807) is 12.1 Å². The molecule has 1 aliphatic rings. The number of nitrogens with zero attached hydrogens (tertiary/aromatic N) is 4. The maximum atomic E-state index is 13.6. The fraction of sp³-hybridized carbons (Fsp3) is 0.483. The van der Waals surface area contributed by atoms with Gasteiger partial charge in [-0.25, -0.2) is 4.79 Å². The number of nitrogens with one attached hydrogen (secondary N) is 2. The van der Waals surface area contributed by atoms with E-state index in [2.05, 4.69) is 52.8 Å². The summed E-state index contributed by atoms with van der Waals surface area (Å²) >= 11 is 0. The van der Waals surface area contributed by atoms with Crippen molar-refractivity contribution in [3.8, 4) is 0 Å². The number of hydrogen-bond acceptors (Lipinski definition) is 5. The Morgan fingerprint density at radius 3 is 2.13 bits per heavy atom. The van der Waals surface area contributed by atoms with Crippen LogP contribution in [-0.4, -0.2) is 35.9 Å². The third-order valence-electron chi connectivity index (χ3n) is 7.21. The zero-order valence-electron chi connectivity index (χ0n) is 23.4. The lowest BCUT2D eigenvalue weighted by molar-refractivity contribution is 0.0975. The Labute approximate surface area is 226 Å². The van der Waals surface area contributed by atoms with Crippen molar-refractivity contribution in [3.63, 3.8) is 0 Å². The zero-order chi connectivity index (χ0) is 27.9. The lowest BCUT2D eigenvalue weighted by Gasteiger charge is -2.41. The number of guanidine groups is 1. The summed E-state index contributed by atoms with van der Waals surface area (Å²) in [5.74, 6) is 5.43. The normalized spacial score (nSPS) is 18.3. The van der Waals surface area contributed by atoms with Gasteiger partial charge in [-0.3, -0.25) is 10.1 Å². The Balaban J connectivity index is 1.78. The molecule has 0 heterocycles. The molecule has 38 heavy (non-hydrogen) atoms. The number of azo groups is 1. The number of anilines is 1. The average Bonchev–Trinajstić information content (AvgIpc) is 2.86. The number of urea groups is 1. The molecule has 3 amide bonds. The first-order valence-corrected chi connectivity index (χ1v) is 13.1. The molecule has 9 nitrogen and oxygen atoms in total. The topological polar surface area (TPSA) is 125 Å². The fourth-order valence-corrected chi connectivity index (χ4v) is 5.17. The molecule has 0 aromatic heterocycles. The quantitative estimate of drug-likeness (QED) is 0.148. The van der Waals surface area contributed by atoms with Crippen molar-refractivity contribution in [1.82, 2.24) is 10.2 Å². The highest BCUT2D eigenvalue weighted by Crippen LogP contribution is 2.39. The van der Waals surface area contributed by atoms with E-state index in [1.165, 1.54) is 7.05 Å². The molecule has 204 valence electrons. The first-order chi connectivity index (χ1) is 18.0. The van der Waals surface area contributed by atoms with Gasteiger partial charge in [-0.2, -0.15) is 5.11 Å². The largest absolute Gasteiger partial charge is 0.322 e. The number of rotatable bonds is 5. The van der Waals surface area contributed by atoms with Gasteiger partial charge in [0.25, 0.3) is 11.9 Å². The number of carbonyl (C=O) groups is 2. The van der Waals surface area contributed by atoms with E-state index < -0.39 is 5.91 Å². The first-order valence-electron chi connectivity index (χ1n) is 13.1. The van der Waals surface area contributed by atoms with Crippen LogP contribution in [0.25, 0.3) is 0 Å². The number of hydrogen-bond donors (Lipinski definition) is 3. The number of hydrazone groups is 1. The average molecular weight is 520 g/mol. The van der Waals surface area contributed by atoms with E-state index in [1.807, 2.05) is 43.0 Å². The lowest BCUT2D eigenvalue weighted by atomic mass is 9.71. The van der Waals surface area contributed by atoms with Crippen molar-refractivity contribution in [3.05, 3.63) is 64.7 Å². The van der Waals surface area contributed by atoms with Crippen LogP contribution in [0.15, 0.2) is 57.8 Å². The van der Waals surface area contributed by atoms with Gasteiger partial charge in [0, 0.05) is 30.9 Å². The predicted molar refractivity (Wildman–Crippen MR) is 152 cm³/mol. The summed E-state index contributed by atoms with van der Waals surface area (Å²) in [5.41, 5.74) is 4.65. The number of amides is 3. The molecule has 0 atom stereocenters. The highest BCUT2D eigenvalue weighted by atomic mass is 16.2. The minimum Gasteiger partial charge on any atom is -0.320 e. The van der Waals surface area contributed by atoms with Gasteiger partial charge in [0.1, 0.15) is 0 Å². The Hall–Kier alpha value is -3.75. The summed E-state index contributed by atoms with van der Waals surface area (Å²) in [6.07, 6.45) is 4.13. The van der Waals surface area contributed by atoms with Crippen molar-refractivity contribution < 1.29 is 9.59 Å². The van der Waals surface area contributed by atoms with Gasteiger partial charge >= 0.3 is 6.03 Å². The van der Waals surface area contributed by atoms with Crippen LogP contribution in [0.2, 0.25) is 0 Å². The van der Waals surface area contributed by atoms with Crippen molar-refractivity contribution >= 4 is 23.6 Å². The fourth-order valence-electron chi connectivity index (χ4n) is 5.17. The molecule has 1 fully saturated rings. The number of benzene rings is 2. The molecule has 0 aliphatic heterocycles. The molecule has 9 heteroatoms. The second kappa shape index (κ2) is 12.7. The van der Waals surface area contributed by atoms with E-state index in [-0.39, 0.29) is 23.4 Å². The Kier molecular flexibility index (Phi) is 9.61. The van der Waals surface area contributed by atoms with Gasteiger partial charge in [0.2, 0.25) is 0 Å². The van der Waals surface area contributed by atoms with Crippen LogP contribution in [0, 0.1) is 25.2 Å².